The summed E-state index contributed by atoms with van der Waals surface area (Å²) in [5, 5.41) is 12.7. The smallest absolute Gasteiger partial charge is 0.252 e. The van der Waals surface area contributed by atoms with Gasteiger partial charge >= 0.3 is 0 Å². The van der Waals surface area contributed by atoms with Crippen molar-refractivity contribution in [3.8, 4) is 5.75 Å². The summed E-state index contributed by atoms with van der Waals surface area (Å²) in [5.74, 6) is 0.0516. The third kappa shape index (κ3) is 7.98. The fourth-order valence-corrected chi connectivity index (χ4v) is 7.20. The third-order valence-electron chi connectivity index (χ3n) is 7.68. The molecule has 46 heavy (non-hydrogen) atoms. The minimum absolute atomic E-state index is 0.0308. The molecular weight excluding hydrogens is 692 g/mol. The molecule has 240 valence electrons. The maximum absolute atomic E-state index is 14.4. The number of halogens is 2. The fourth-order valence-electron chi connectivity index (χ4n) is 5.20. The number of carbonyl (C=O) groups excluding carboxylic acids is 1. The monoisotopic (exact) mass is 724 g/mol. The Bertz CT molecular complexity index is 1770. The average molecular weight is 726 g/mol. The van der Waals surface area contributed by atoms with Crippen molar-refractivity contribution in [3.05, 3.63) is 129 Å². The van der Waals surface area contributed by atoms with Gasteiger partial charge in [0.25, 0.3) is 5.91 Å². The molecule has 4 aromatic carbocycles. The number of ether oxygens (including phenoxy) is 2. The molecule has 5 rings (SSSR count). The molecule has 8 nitrogen and oxygen atoms in total. The van der Waals surface area contributed by atoms with Crippen LogP contribution in [0.15, 0.2) is 117 Å². The molecule has 0 bridgehead atoms. The first kappa shape index (κ1) is 33.7. The van der Waals surface area contributed by atoms with Crippen molar-refractivity contribution in [3.63, 3.8) is 0 Å². The molecule has 0 aliphatic carbocycles. The van der Waals surface area contributed by atoms with E-state index in [9.17, 15) is 13.2 Å². The van der Waals surface area contributed by atoms with E-state index < -0.39 is 27.4 Å². The molecule has 1 heterocycles. The summed E-state index contributed by atoms with van der Waals surface area (Å²) in [7, 11) is -3.76. The van der Waals surface area contributed by atoms with Crippen LogP contribution in [-0.4, -0.2) is 56.4 Å². The highest BCUT2D eigenvalue weighted by molar-refractivity contribution is 9.10. The number of amides is 1. The highest BCUT2D eigenvalue weighted by Crippen LogP contribution is 2.45. The van der Waals surface area contributed by atoms with Gasteiger partial charge in [-0.1, -0.05) is 76.1 Å². The Labute approximate surface area is 282 Å². The van der Waals surface area contributed by atoms with Crippen molar-refractivity contribution in [2.75, 3.05) is 25.5 Å². The van der Waals surface area contributed by atoms with Gasteiger partial charge in [0.05, 0.1) is 17.3 Å². The van der Waals surface area contributed by atoms with E-state index in [0.717, 1.165) is 5.56 Å². The van der Waals surface area contributed by atoms with E-state index >= 15 is 0 Å². The molecule has 0 spiro atoms. The minimum atomic E-state index is -3.76. The zero-order valence-corrected chi connectivity index (χ0v) is 28.1. The van der Waals surface area contributed by atoms with Crippen LogP contribution in [0, 0.1) is 0 Å². The molecule has 4 aromatic rings. The second-order valence-corrected chi connectivity index (χ2v) is 14.2. The van der Waals surface area contributed by atoms with Crippen LogP contribution in [-0.2, 0) is 25.8 Å². The van der Waals surface area contributed by atoms with Crippen LogP contribution in [0.1, 0.15) is 35.6 Å². The minimum Gasteiger partial charge on any atom is -0.494 e. The summed E-state index contributed by atoms with van der Waals surface area (Å²) in [5.41, 5.74) is 0.640. The third-order valence-corrected chi connectivity index (χ3v) is 10.4. The number of aliphatic hydroxyl groups is 1. The second-order valence-electron chi connectivity index (χ2n) is 10.8. The number of aliphatic imine (C=N–C) groups is 1. The molecule has 0 aromatic heterocycles. The van der Waals surface area contributed by atoms with Crippen LogP contribution in [0.3, 0.4) is 0 Å². The Balaban J connectivity index is 1.52. The number of hydrogen-bond donors (Lipinski definition) is 2. The zero-order valence-electron chi connectivity index (χ0n) is 24.9. The van der Waals surface area contributed by atoms with Crippen LogP contribution in [0.25, 0.3) is 0 Å². The van der Waals surface area contributed by atoms with Gasteiger partial charge in [0.15, 0.2) is 21.5 Å². The number of benzene rings is 4. The Hall–Kier alpha value is -3.70. The van der Waals surface area contributed by atoms with Crippen molar-refractivity contribution < 1.29 is 27.8 Å². The summed E-state index contributed by atoms with van der Waals surface area (Å²) in [6.07, 6.45) is -0.0160. The van der Waals surface area contributed by atoms with E-state index in [-0.39, 0.29) is 29.6 Å². The number of hydrogen-bond acceptors (Lipinski definition) is 7. The van der Waals surface area contributed by atoms with Gasteiger partial charge in [-0.15, -0.1) is 0 Å². The number of sulfone groups is 1. The van der Waals surface area contributed by atoms with E-state index in [2.05, 4.69) is 21.2 Å². The van der Waals surface area contributed by atoms with Gasteiger partial charge in [0, 0.05) is 46.6 Å². The van der Waals surface area contributed by atoms with Gasteiger partial charge in [0.2, 0.25) is 5.90 Å². The van der Waals surface area contributed by atoms with Gasteiger partial charge in [0.1, 0.15) is 5.75 Å². The molecule has 0 fully saturated rings. The zero-order chi connectivity index (χ0) is 32.6. The Kier molecular flexibility index (Phi) is 11.2. The maximum atomic E-state index is 14.4. The highest BCUT2D eigenvalue weighted by Gasteiger charge is 2.54. The Morgan fingerprint density at radius 2 is 1.67 bits per heavy atom. The Morgan fingerprint density at radius 1 is 0.978 bits per heavy atom. The van der Waals surface area contributed by atoms with Gasteiger partial charge in [-0.2, -0.15) is 0 Å². The van der Waals surface area contributed by atoms with Crippen molar-refractivity contribution >= 4 is 49.2 Å². The fraction of sp³-hybridized carbons (Fsp3) is 0.257. The van der Waals surface area contributed by atoms with E-state index in [1.165, 1.54) is 0 Å². The van der Waals surface area contributed by atoms with Crippen LogP contribution in [0.5, 0.6) is 5.75 Å². The lowest BCUT2D eigenvalue weighted by atomic mass is 9.85. The first-order chi connectivity index (χ1) is 22.2. The molecular formula is C35H34BrClN2O6S. The summed E-state index contributed by atoms with van der Waals surface area (Å²) < 4.78 is 39.9. The molecule has 0 saturated heterocycles. The van der Waals surface area contributed by atoms with Gasteiger partial charge in [-0.25, -0.2) is 13.4 Å². The first-order valence-corrected chi connectivity index (χ1v) is 17.7. The lowest BCUT2D eigenvalue weighted by Gasteiger charge is -2.31. The lowest BCUT2D eigenvalue weighted by molar-refractivity contribution is -0.129. The van der Waals surface area contributed by atoms with Crippen molar-refractivity contribution in [2.24, 2.45) is 4.99 Å². The number of aliphatic hydroxyl groups excluding tert-OH is 1. The maximum Gasteiger partial charge on any atom is 0.252 e. The molecule has 2 atom stereocenters. The quantitative estimate of drug-likeness (QED) is 0.147. The molecule has 1 aliphatic rings. The van der Waals surface area contributed by atoms with E-state index in [4.69, 9.17) is 31.2 Å². The van der Waals surface area contributed by atoms with Crippen molar-refractivity contribution in [2.45, 2.75) is 35.8 Å². The van der Waals surface area contributed by atoms with Gasteiger partial charge in [-0.05, 0) is 66.6 Å². The molecule has 2 N–H and O–H groups in total. The van der Waals surface area contributed by atoms with Crippen LogP contribution < -0.4 is 10.1 Å². The molecule has 0 unspecified atom stereocenters. The number of nitrogens with one attached hydrogen (secondary N) is 1. The van der Waals surface area contributed by atoms with Crippen molar-refractivity contribution in [1.82, 2.24) is 5.32 Å². The molecule has 1 amide bonds. The standard InChI is InChI=1S/C35H34BrClN2O6S/c36-31-10-5-4-9-30(31)32-35(20-24-46(42,43)29-7-2-1-3-8-29,34(41)38-21-19-25-11-15-27(37)16-12-25)39-33(45-32)26-13-17-28(18-14-26)44-23-6-22-40/h1-5,7-18,32,40H,6,19-24H2,(H,38,41)/t32-,35-/m1/s1. The van der Waals surface area contributed by atoms with Gasteiger partial charge < -0.3 is 19.9 Å². The predicted octanol–water partition coefficient (Wildman–Crippen LogP) is 6.34. The SMILES string of the molecule is O=C(NCCc1ccc(Cl)cc1)[C@]1(CCS(=O)(=O)c2ccccc2)N=C(c2ccc(OCCCO)cc2)O[C@@H]1c1ccccc1Br. The first-order valence-electron chi connectivity index (χ1n) is 14.9. The predicted molar refractivity (Wildman–Crippen MR) is 182 cm³/mol. The molecule has 0 radical (unpaired) electrons. The molecule has 1 aliphatic heterocycles. The van der Waals surface area contributed by atoms with Crippen molar-refractivity contribution in [1.29, 1.82) is 0 Å². The molecule has 11 heteroatoms. The summed E-state index contributed by atoms with van der Waals surface area (Å²) >= 11 is 9.65. The average Bonchev–Trinajstić information content (AvgIpc) is 3.46. The summed E-state index contributed by atoms with van der Waals surface area (Å²) in [6, 6.07) is 30.0. The van der Waals surface area contributed by atoms with E-state index in [0.29, 0.717) is 52.4 Å². The van der Waals surface area contributed by atoms with E-state index in [1.807, 2.05) is 36.4 Å². The van der Waals surface area contributed by atoms with Crippen LogP contribution >= 0.6 is 27.5 Å². The summed E-state index contributed by atoms with van der Waals surface area (Å²) in [4.78, 5) is 19.5. The second kappa shape index (κ2) is 15.3. The number of nitrogens with zero attached hydrogens (tertiary/aromatic N) is 1. The number of carbonyl (C=O) groups is 1. The van der Waals surface area contributed by atoms with E-state index in [1.54, 1.807) is 66.7 Å². The number of rotatable bonds is 14. The Morgan fingerprint density at radius 3 is 2.37 bits per heavy atom. The van der Waals surface area contributed by atoms with Gasteiger partial charge in [-0.3, -0.25) is 4.79 Å². The highest BCUT2D eigenvalue weighted by atomic mass is 79.9. The molecule has 0 saturated carbocycles. The normalized spacial score (nSPS) is 17.6. The lowest BCUT2D eigenvalue weighted by Crippen LogP contribution is -2.49. The largest absolute Gasteiger partial charge is 0.494 e. The summed E-state index contributed by atoms with van der Waals surface area (Å²) in [6.45, 7) is 0.691. The topological polar surface area (TPSA) is 114 Å². The van der Waals surface area contributed by atoms with Crippen LogP contribution in [0.4, 0.5) is 0 Å². The van der Waals surface area contributed by atoms with Crippen LogP contribution in [0.2, 0.25) is 5.02 Å².